The predicted molar refractivity (Wildman–Crippen MR) is 93.8 cm³/mol. The Kier molecular flexibility index (Phi) is 5.49. The molecule has 0 radical (unpaired) electrons. The van der Waals surface area contributed by atoms with Crippen LogP contribution in [0.15, 0.2) is 53.4 Å². The van der Waals surface area contributed by atoms with Gasteiger partial charge < -0.3 is 5.32 Å². The molecule has 1 N–H and O–H groups in total. The lowest BCUT2D eigenvalue weighted by Gasteiger charge is -2.20. The van der Waals surface area contributed by atoms with E-state index in [-0.39, 0.29) is 5.54 Å². The Morgan fingerprint density at radius 1 is 1.00 bits per heavy atom. The second-order valence-electron chi connectivity index (χ2n) is 6.47. The number of thioether (sulfide) groups is 1. The molecule has 0 atom stereocenters. The molecule has 2 aromatic carbocycles. The van der Waals surface area contributed by atoms with Crippen LogP contribution in [0.4, 0.5) is 0 Å². The molecule has 0 unspecified atom stereocenters. The van der Waals surface area contributed by atoms with Crippen LogP contribution in [0.1, 0.15) is 37.5 Å². The summed E-state index contributed by atoms with van der Waals surface area (Å²) in [4.78, 5) is 1.34. The highest BCUT2D eigenvalue weighted by molar-refractivity contribution is 7.98. The molecule has 0 fully saturated rings. The van der Waals surface area contributed by atoms with E-state index in [1.165, 1.54) is 21.6 Å². The van der Waals surface area contributed by atoms with Gasteiger partial charge in [0.15, 0.2) is 0 Å². The number of aryl methyl sites for hydroxylation is 1. The second kappa shape index (κ2) is 7.15. The van der Waals surface area contributed by atoms with Gasteiger partial charge in [-0.05, 0) is 56.5 Å². The molecule has 0 aliphatic carbocycles. The molecule has 0 saturated carbocycles. The molecule has 21 heavy (non-hydrogen) atoms. The highest BCUT2D eigenvalue weighted by Gasteiger charge is 2.08. The van der Waals surface area contributed by atoms with Crippen molar-refractivity contribution in [1.29, 1.82) is 0 Å². The molecule has 2 heteroatoms. The first kappa shape index (κ1) is 16.1. The lowest BCUT2D eigenvalue weighted by atomic mass is 10.1. The summed E-state index contributed by atoms with van der Waals surface area (Å²) >= 11 is 1.91. The number of nitrogens with one attached hydrogen (secondary N) is 1. The van der Waals surface area contributed by atoms with Gasteiger partial charge >= 0.3 is 0 Å². The zero-order valence-corrected chi connectivity index (χ0v) is 14.3. The molecule has 0 saturated heterocycles. The molecule has 0 aromatic heterocycles. The Balaban J connectivity index is 1.96. The van der Waals surface area contributed by atoms with Gasteiger partial charge in [0.1, 0.15) is 0 Å². The van der Waals surface area contributed by atoms with Gasteiger partial charge in [0.05, 0.1) is 0 Å². The van der Waals surface area contributed by atoms with Crippen LogP contribution in [-0.4, -0.2) is 5.54 Å². The van der Waals surface area contributed by atoms with E-state index in [9.17, 15) is 0 Å². The van der Waals surface area contributed by atoms with E-state index >= 15 is 0 Å². The largest absolute Gasteiger partial charge is 0.308 e. The van der Waals surface area contributed by atoms with Gasteiger partial charge in [-0.1, -0.05) is 36.4 Å². The molecule has 0 aliphatic rings. The average Bonchev–Trinajstić information content (AvgIpc) is 2.44. The van der Waals surface area contributed by atoms with E-state index in [0.717, 1.165) is 12.3 Å². The SMILES string of the molecule is Cc1ccccc1CSc1cccc(CNC(C)(C)C)c1. The van der Waals surface area contributed by atoms with Crippen LogP contribution in [0, 0.1) is 6.92 Å². The zero-order valence-electron chi connectivity index (χ0n) is 13.4. The summed E-state index contributed by atoms with van der Waals surface area (Å²) in [7, 11) is 0. The van der Waals surface area contributed by atoms with Crippen LogP contribution in [0.2, 0.25) is 0 Å². The molecule has 0 amide bonds. The first-order valence-electron chi connectivity index (χ1n) is 7.45. The van der Waals surface area contributed by atoms with Crippen molar-refractivity contribution in [3.8, 4) is 0 Å². The molecular weight excluding hydrogens is 274 g/mol. The fourth-order valence-corrected chi connectivity index (χ4v) is 3.10. The molecule has 112 valence electrons. The maximum absolute atomic E-state index is 3.54. The quantitative estimate of drug-likeness (QED) is 0.764. The van der Waals surface area contributed by atoms with Crippen LogP contribution in [0.5, 0.6) is 0 Å². The molecule has 0 spiro atoms. The third-order valence-corrected chi connectivity index (χ3v) is 4.42. The minimum absolute atomic E-state index is 0.157. The van der Waals surface area contributed by atoms with Crippen LogP contribution in [0.3, 0.4) is 0 Å². The molecule has 2 aromatic rings. The zero-order chi connectivity index (χ0) is 15.3. The smallest absolute Gasteiger partial charge is 0.0234 e. The molecule has 0 aliphatic heterocycles. The molecular formula is C19H25NS. The minimum Gasteiger partial charge on any atom is -0.308 e. The lowest BCUT2D eigenvalue weighted by molar-refractivity contribution is 0.424. The summed E-state index contributed by atoms with van der Waals surface area (Å²) in [5.41, 5.74) is 4.29. The van der Waals surface area contributed by atoms with Gasteiger partial charge in [-0.3, -0.25) is 0 Å². The fourth-order valence-electron chi connectivity index (χ4n) is 2.05. The van der Waals surface area contributed by atoms with Crippen LogP contribution < -0.4 is 5.32 Å². The maximum Gasteiger partial charge on any atom is 0.0234 e. The van der Waals surface area contributed by atoms with Crippen molar-refractivity contribution in [2.45, 2.75) is 50.4 Å². The van der Waals surface area contributed by atoms with Crippen molar-refractivity contribution in [3.05, 3.63) is 65.2 Å². The summed E-state index contributed by atoms with van der Waals surface area (Å²) in [6.45, 7) is 9.69. The van der Waals surface area contributed by atoms with Gasteiger partial charge in [0.2, 0.25) is 0 Å². The third kappa shape index (κ3) is 5.56. The van der Waals surface area contributed by atoms with Gasteiger partial charge in [-0.15, -0.1) is 11.8 Å². The highest BCUT2D eigenvalue weighted by atomic mass is 32.2. The summed E-state index contributed by atoms with van der Waals surface area (Å²) in [5, 5.41) is 3.54. The van der Waals surface area contributed by atoms with Crippen molar-refractivity contribution in [2.75, 3.05) is 0 Å². The maximum atomic E-state index is 3.54. The van der Waals surface area contributed by atoms with Crippen molar-refractivity contribution in [3.63, 3.8) is 0 Å². The Hall–Kier alpha value is -1.25. The first-order valence-corrected chi connectivity index (χ1v) is 8.44. The van der Waals surface area contributed by atoms with E-state index in [4.69, 9.17) is 0 Å². The Labute approximate surface area is 133 Å². The van der Waals surface area contributed by atoms with Gasteiger partial charge in [-0.2, -0.15) is 0 Å². The summed E-state index contributed by atoms with van der Waals surface area (Å²) < 4.78 is 0. The van der Waals surface area contributed by atoms with Gasteiger partial charge in [0.25, 0.3) is 0 Å². The normalized spacial score (nSPS) is 11.6. The predicted octanol–water partition coefficient (Wildman–Crippen LogP) is 5.18. The van der Waals surface area contributed by atoms with Gasteiger partial charge in [-0.25, -0.2) is 0 Å². The van der Waals surface area contributed by atoms with Crippen LogP contribution >= 0.6 is 11.8 Å². The minimum atomic E-state index is 0.157. The number of rotatable bonds is 5. The molecule has 0 heterocycles. The second-order valence-corrected chi connectivity index (χ2v) is 7.51. The highest BCUT2D eigenvalue weighted by Crippen LogP contribution is 2.25. The first-order chi connectivity index (χ1) is 9.94. The van der Waals surface area contributed by atoms with E-state index in [1.54, 1.807) is 0 Å². The fraction of sp³-hybridized carbons (Fsp3) is 0.368. The Bertz CT molecular complexity index is 584. The van der Waals surface area contributed by atoms with Crippen LogP contribution in [-0.2, 0) is 12.3 Å². The summed E-state index contributed by atoms with van der Waals surface area (Å²) in [6, 6.07) is 17.4. The Morgan fingerprint density at radius 3 is 2.48 bits per heavy atom. The monoisotopic (exact) mass is 299 g/mol. The average molecular weight is 299 g/mol. The van der Waals surface area contributed by atoms with Crippen molar-refractivity contribution in [2.24, 2.45) is 0 Å². The molecule has 1 nitrogen and oxygen atoms in total. The summed E-state index contributed by atoms with van der Waals surface area (Å²) in [6.07, 6.45) is 0. The number of benzene rings is 2. The van der Waals surface area contributed by atoms with E-state index < -0.39 is 0 Å². The number of hydrogen-bond donors (Lipinski definition) is 1. The van der Waals surface area contributed by atoms with E-state index in [0.29, 0.717) is 0 Å². The van der Waals surface area contributed by atoms with Crippen molar-refractivity contribution in [1.82, 2.24) is 5.32 Å². The molecule has 0 bridgehead atoms. The molecule has 2 rings (SSSR count). The van der Waals surface area contributed by atoms with E-state index in [1.807, 2.05) is 11.8 Å². The van der Waals surface area contributed by atoms with Gasteiger partial charge in [0, 0.05) is 22.7 Å². The van der Waals surface area contributed by atoms with Crippen molar-refractivity contribution >= 4 is 11.8 Å². The summed E-state index contributed by atoms with van der Waals surface area (Å²) in [5.74, 6) is 1.03. The Morgan fingerprint density at radius 2 is 1.76 bits per heavy atom. The van der Waals surface area contributed by atoms with Crippen molar-refractivity contribution < 1.29 is 0 Å². The topological polar surface area (TPSA) is 12.0 Å². The lowest BCUT2D eigenvalue weighted by Crippen LogP contribution is -2.35. The van der Waals surface area contributed by atoms with E-state index in [2.05, 4.69) is 81.5 Å². The third-order valence-electron chi connectivity index (χ3n) is 3.38. The standard InChI is InChI=1S/C19H25NS/c1-15-8-5-6-10-17(15)14-21-18-11-7-9-16(12-18)13-20-19(2,3)4/h5-12,20H,13-14H2,1-4H3. The van der Waals surface area contributed by atoms with Crippen LogP contribution in [0.25, 0.3) is 0 Å². The number of hydrogen-bond acceptors (Lipinski definition) is 2.